The topological polar surface area (TPSA) is 47.6 Å². The maximum Gasteiger partial charge on any atom is 0.260 e. The molecule has 0 fully saturated rings. The average molecular weight is 355 g/mol. The second-order valence-corrected chi connectivity index (χ2v) is 6.16. The zero-order valence-corrected chi connectivity index (χ0v) is 16.0. The molecular weight excluding hydrogens is 326 g/mol. The van der Waals surface area contributed by atoms with Gasteiger partial charge in [0.1, 0.15) is 11.5 Å². The molecule has 0 unspecified atom stereocenters. The number of aryl methyl sites for hydroxylation is 2. The zero-order chi connectivity index (χ0) is 18.8. The predicted molar refractivity (Wildman–Crippen MR) is 105 cm³/mol. The van der Waals surface area contributed by atoms with Crippen LogP contribution in [0.3, 0.4) is 0 Å². The van der Waals surface area contributed by atoms with E-state index >= 15 is 0 Å². The van der Waals surface area contributed by atoms with Crippen LogP contribution in [-0.2, 0) is 17.6 Å². The maximum atomic E-state index is 12.3. The van der Waals surface area contributed by atoms with Crippen molar-refractivity contribution >= 4 is 5.91 Å². The molecule has 4 nitrogen and oxygen atoms in total. The fourth-order valence-electron chi connectivity index (χ4n) is 2.80. The van der Waals surface area contributed by atoms with Crippen molar-refractivity contribution in [1.82, 2.24) is 5.32 Å². The number of amides is 1. The fraction of sp³-hybridized carbons (Fsp3) is 0.409. The van der Waals surface area contributed by atoms with Crippen LogP contribution in [0.2, 0.25) is 0 Å². The summed E-state index contributed by atoms with van der Waals surface area (Å²) in [7, 11) is 0. The van der Waals surface area contributed by atoms with E-state index in [4.69, 9.17) is 9.47 Å². The SMILES string of the molecule is CCOc1ccccc1CCCNC(=O)[C@H](C)Oc1ccccc1CC. The van der Waals surface area contributed by atoms with E-state index in [1.165, 1.54) is 5.56 Å². The van der Waals surface area contributed by atoms with Crippen molar-refractivity contribution in [2.75, 3.05) is 13.2 Å². The van der Waals surface area contributed by atoms with Crippen LogP contribution < -0.4 is 14.8 Å². The van der Waals surface area contributed by atoms with Crippen molar-refractivity contribution in [2.24, 2.45) is 0 Å². The van der Waals surface area contributed by atoms with E-state index in [1.54, 1.807) is 6.92 Å². The van der Waals surface area contributed by atoms with Gasteiger partial charge in [-0.15, -0.1) is 0 Å². The molecule has 0 spiro atoms. The van der Waals surface area contributed by atoms with Gasteiger partial charge in [0.2, 0.25) is 0 Å². The molecule has 0 aromatic heterocycles. The van der Waals surface area contributed by atoms with Crippen LogP contribution in [0.1, 0.15) is 38.3 Å². The van der Waals surface area contributed by atoms with Crippen molar-refractivity contribution in [3.05, 3.63) is 59.7 Å². The standard InChI is InChI=1S/C22H29NO3/c1-4-18-11-6-9-15-21(18)26-17(3)22(24)23-16-10-13-19-12-7-8-14-20(19)25-5-2/h6-9,11-12,14-15,17H,4-5,10,13,16H2,1-3H3,(H,23,24)/t17-/m0/s1. The first-order valence-electron chi connectivity index (χ1n) is 9.38. The quantitative estimate of drug-likeness (QED) is 0.651. The van der Waals surface area contributed by atoms with E-state index in [0.717, 1.165) is 36.3 Å². The van der Waals surface area contributed by atoms with Gasteiger partial charge in [0, 0.05) is 6.54 Å². The molecular formula is C22H29NO3. The highest BCUT2D eigenvalue weighted by molar-refractivity contribution is 5.80. The summed E-state index contributed by atoms with van der Waals surface area (Å²) in [5.74, 6) is 1.62. The first-order chi connectivity index (χ1) is 12.7. The van der Waals surface area contributed by atoms with Gasteiger partial charge in [-0.2, -0.15) is 0 Å². The minimum atomic E-state index is -0.515. The van der Waals surface area contributed by atoms with Crippen molar-refractivity contribution in [3.63, 3.8) is 0 Å². The van der Waals surface area contributed by atoms with Gasteiger partial charge < -0.3 is 14.8 Å². The number of benzene rings is 2. The first-order valence-corrected chi connectivity index (χ1v) is 9.38. The number of para-hydroxylation sites is 2. The van der Waals surface area contributed by atoms with E-state index in [0.29, 0.717) is 13.2 Å². The summed E-state index contributed by atoms with van der Waals surface area (Å²) >= 11 is 0. The molecule has 2 aromatic carbocycles. The molecule has 0 saturated carbocycles. The lowest BCUT2D eigenvalue weighted by Crippen LogP contribution is -2.37. The maximum absolute atomic E-state index is 12.3. The van der Waals surface area contributed by atoms with Crippen LogP contribution in [0.5, 0.6) is 11.5 Å². The minimum absolute atomic E-state index is 0.0889. The molecule has 0 aliphatic heterocycles. The van der Waals surface area contributed by atoms with E-state index in [-0.39, 0.29) is 5.91 Å². The van der Waals surface area contributed by atoms with Gasteiger partial charge >= 0.3 is 0 Å². The molecule has 4 heteroatoms. The highest BCUT2D eigenvalue weighted by atomic mass is 16.5. The van der Waals surface area contributed by atoms with Crippen molar-refractivity contribution in [3.8, 4) is 11.5 Å². The molecule has 2 rings (SSSR count). The molecule has 26 heavy (non-hydrogen) atoms. The van der Waals surface area contributed by atoms with Crippen LogP contribution in [0.15, 0.2) is 48.5 Å². The lowest BCUT2D eigenvalue weighted by Gasteiger charge is -2.17. The number of carbonyl (C=O) groups is 1. The van der Waals surface area contributed by atoms with Crippen LogP contribution in [0, 0.1) is 0 Å². The summed E-state index contributed by atoms with van der Waals surface area (Å²) in [6.07, 6.45) is 2.08. The van der Waals surface area contributed by atoms with Gasteiger partial charge in [0.25, 0.3) is 5.91 Å². The second-order valence-electron chi connectivity index (χ2n) is 6.16. The number of carbonyl (C=O) groups excluding carboxylic acids is 1. The number of nitrogens with one attached hydrogen (secondary N) is 1. The summed E-state index contributed by atoms with van der Waals surface area (Å²) in [6.45, 7) is 7.11. The average Bonchev–Trinajstić information content (AvgIpc) is 2.66. The lowest BCUT2D eigenvalue weighted by atomic mass is 10.1. The largest absolute Gasteiger partial charge is 0.494 e. The Kier molecular flexibility index (Phi) is 8.00. The third-order valence-electron chi connectivity index (χ3n) is 4.22. The summed E-state index contributed by atoms with van der Waals surface area (Å²) < 4.78 is 11.5. The number of rotatable bonds is 10. The van der Waals surface area contributed by atoms with Gasteiger partial charge in [0.05, 0.1) is 6.61 Å². The molecule has 0 radical (unpaired) electrons. The third-order valence-corrected chi connectivity index (χ3v) is 4.22. The van der Waals surface area contributed by atoms with E-state index in [2.05, 4.69) is 18.3 Å². The Morgan fingerprint density at radius 1 is 1.00 bits per heavy atom. The Labute approximate surface area is 156 Å². The molecule has 1 N–H and O–H groups in total. The summed E-state index contributed by atoms with van der Waals surface area (Å²) in [5, 5.41) is 2.96. The van der Waals surface area contributed by atoms with E-state index in [9.17, 15) is 4.79 Å². The van der Waals surface area contributed by atoms with Crippen LogP contribution in [0.4, 0.5) is 0 Å². The third kappa shape index (κ3) is 5.80. The van der Waals surface area contributed by atoms with Crippen molar-refractivity contribution in [2.45, 2.75) is 46.1 Å². The molecule has 0 bridgehead atoms. The van der Waals surface area contributed by atoms with Gasteiger partial charge in [-0.25, -0.2) is 0 Å². The fourth-order valence-corrected chi connectivity index (χ4v) is 2.80. The highest BCUT2D eigenvalue weighted by Crippen LogP contribution is 2.20. The van der Waals surface area contributed by atoms with Gasteiger partial charge in [-0.1, -0.05) is 43.3 Å². The molecule has 0 aliphatic carbocycles. The van der Waals surface area contributed by atoms with Crippen LogP contribution >= 0.6 is 0 Å². The Morgan fingerprint density at radius 3 is 2.35 bits per heavy atom. The van der Waals surface area contributed by atoms with E-state index < -0.39 is 6.10 Å². The van der Waals surface area contributed by atoms with Crippen molar-refractivity contribution in [1.29, 1.82) is 0 Å². The molecule has 0 aliphatic rings. The Bertz CT molecular complexity index is 699. The van der Waals surface area contributed by atoms with E-state index in [1.807, 2.05) is 49.4 Å². The van der Waals surface area contributed by atoms with Crippen LogP contribution in [-0.4, -0.2) is 25.2 Å². The monoisotopic (exact) mass is 355 g/mol. The predicted octanol–water partition coefficient (Wildman–Crippen LogP) is 4.16. The molecule has 2 aromatic rings. The molecule has 0 heterocycles. The van der Waals surface area contributed by atoms with Gasteiger partial charge in [0.15, 0.2) is 6.10 Å². The Morgan fingerprint density at radius 2 is 1.65 bits per heavy atom. The Hall–Kier alpha value is -2.49. The lowest BCUT2D eigenvalue weighted by molar-refractivity contribution is -0.127. The van der Waals surface area contributed by atoms with Gasteiger partial charge in [-0.05, 0) is 56.4 Å². The second kappa shape index (κ2) is 10.5. The number of hydrogen-bond donors (Lipinski definition) is 1. The molecule has 1 amide bonds. The Balaban J connectivity index is 1.78. The molecule has 1 atom stereocenters. The number of ether oxygens (including phenoxy) is 2. The molecule has 140 valence electrons. The van der Waals surface area contributed by atoms with Crippen molar-refractivity contribution < 1.29 is 14.3 Å². The van der Waals surface area contributed by atoms with Crippen LogP contribution in [0.25, 0.3) is 0 Å². The zero-order valence-electron chi connectivity index (χ0n) is 16.0. The number of hydrogen-bond acceptors (Lipinski definition) is 3. The summed E-state index contributed by atoms with van der Waals surface area (Å²) in [5.41, 5.74) is 2.28. The highest BCUT2D eigenvalue weighted by Gasteiger charge is 2.15. The summed E-state index contributed by atoms with van der Waals surface area (Å²) in [6, 6.07) is 15.9. The van der Waals surface area contributed by atoms with Gasteiger partial charge in [-0.3, -0.25) is 4.79 Å². The smallest absolute Gasteiger partial charge is 0.260 e. The summed E-state index contributed by atoms with van der Waals surface area (Å²) in [4.78, 5) is 12.3. The first kappa shape index (κ1) is 19.8. The molecule has 0 saturated heterocycles. The minimum Gasteiger partial charge on any atom is -0.494 e. The normalized spacial score (nSPS) is 11.7.